The average molecular weight is 587 g/mol. The molecule has 4 rings (SSSR count). The minimum absolute atomic E-state index is 0.0278. The van der Waals surface area contributed by atoms with Gasteiger partial charge in [0.25, 0.3) is 10.0 Å². The van der Waals surface area contributed by atoms with Gasteiger partial charge in [0.1, 0.15) is 11.5 Å². The fourth-order valence-corrected chi connectivity index (χ4v) is 7.20. The molecule has 39 heavy (non-hydrogen) atoms. The van der Waals surface area contributed by atoms with E-state index in [-0.39, 0.29) is 65.8 Å². The summed E-state index contributed by atoms with van der Waals surface area (Å²) in [5.74, 6) is -0.621. The molecule has 2 aliphatic heterocycles. The van der Waals surface area contributed by atoms with Crippen LogP contribution in [0.4, 0.5) is 20.2 Å². The Bertz CT molecular complexity index is 1370. The predicted octanol–water partition coefficient (Wildman–Crippen LogP) is 3.29. The normalized spacial score (nSPS) is 22.7. The standard InChI is InChI=1S/C26H36F2N4O5S2/c1-19-16-31(17-20(2)37-19)18-26(28)12-14-32(15-13-26)25-23(27)6-5-7-24(25)29-38(33,34)21-8-10-22(11-9-21)39(35,36)30(3)4/h5-11,19-20,29H,12-18H2,1-4H3/t19-,20+. The number of morpholine rings is 1. The highest BCUT2D eigenvalue weighted by molar-refractivity contribution is 7.92. The third-order valence-corrected chi connectivity index (χ3v) is 10.3. The summed E-state index contributed by atoms with van der Waals surface area (Å²) in [6, 6.07) is 8.87. The Kier molecular flexibility index (Phi) is 8.58. The maximum absolute atomic E-state index is 15.8. The van der Waals surface area contributed by atoms with E-state index < -0.39 is 31.5 Å². The molecule has 2 aliphatic rings. The third-order valence-electron chi connectivity index (χ3n) is 7.12. The Morgan fingerprint density at radius 3 is 2.10 bits per heavy atom. The van der Waals surface area contributed by atoms with E-state index in [2.05, 4.69) is 9.62 Å². The maximum atomic E-state index is 15.8. The van der Waals surface area contributed by atoms with Crippen molar-refractivity contribution < 1.29 is 30.4 Å². The first kappa shape index (κ1) is 29.7. The number of ether oxygens (including phenoxy) is 1. The Hall–Kier alpha value is -2.32. The summed E-state index contributed by atoms with van der Waals surface area (Å²) in [6.07, 6.45) is 0.408. The van der Waals surface area contributed by atoms with Crippen molar-refractivity contribution >= 4 is 31.4 Å². The van der Waals surface area contributed by atoms with E-state index in [0.29, 0.717) is 13.1 Å². The van der Waals surface area contributed by atoms with Crippen LogP contribution >= 0.6 is 0 Å². The number of hydrogen-bond donors (Lipinski definition) is 1. The first-order valence-electron chi connectivity index (χ1n) is 12.9. The van der Waals surface area contributed by atoms with Gasteiger partial charge in [-0.1, -0.05) is 6.07 Å². The minimum Gasteiger partial charge on any atom is -0.373 e. The molecule has 0 spiro atoms. The number of piperidine rings is 1. The van der Waals surface area contributed by atoms with E-state index in [9.17, 15) is 16.8 Å². The number of rotatable bonds is 8. The summed E-state index contributed by atoms with van der Waals surface area (Å²) in [7, 11) is -5.14. The number of alkyl halides is 1. The SMILES string of the molecule is C[C@@H]1CN(CC2(F)CCN(c3c(F)cccc3NS(=O)(=O)c3ccc(S(=O)(=O)N(C)C)cc3)CC2)C[C@H](C)O1. The third kappa shape index (κ3) is 6.71. The van der Waals surface area contributed by atoms with E-state index in [1.807, 2.05) is 13.8 Å². The van der Waals surface area contributed by atoms with Crippen molar-refractivity contribution in [3.05, 3.63) is 48.3 Å². The molecule has 2 fully saturated rings. The molecule has 2 heterocycles. The number of para-hydroxylation sites is 1. The Balaban J connectivity index is 1.49. The summed E-state index contributed by atoms with van der Waals surface area (Å²) in [5.41, 5.74) is -1.35. The minimum atomic E-state index is -4.17. The zero-order valence-corrected chi connectivity index (χ0v) is 24.2. The van der Waals surface area contributed by atoms with Crippen LogP contribution in [-0.2, 0) is 24.8 Å². The van der Waals surface area contributed by atoms with Crippen LogP contribution in [0.2, 0.25) is 0 Å². The number of hydrogen-bond acceptors (Lipinski definition) is 7. The van der Waals surface area contributed by atoms with E-state index in [1.165, 1.54) is 56.6 Å². The summed E-state index contributed by atoms with van der Waals surface area (Å²) >= 11 is 0. The molecule has 0 aromatic heterocycles. The topological polar surface area (TPSA) is 99.3 Å². The van der Waals surface area contributed by atoms with Crippen molar-refractivity contribution in [2.24, 2.45) is 0 Å². The zero-order chi connectivity index (χ0) is 28.6. The van der Waals surface area contributed by atoms with E-state index >= 15 is 8.78 Å². The highest BCUT2D eigenvalue weighted by atomic mass is 32.2. The molecule has 13 heteroatoms. The molecule has 0 bridgehead atoms. The quantitative estimate of drug-likeness (QED) is 0.507. The molecule has 2 saturated heterocycles. The largest absolute Gasteiger partial charge is 0.373 e. The lowest BCUT2D eigenvalue weighted by molar-refractivity contribution is -0.0825. The number of halogens is 2. The van der Waals surface area contributed by atoms with Crippen molar-refractivity contribution in [2.45, 2.75) is 54.4 Å². The van der Waals surface area contributed by atoms with Crippen LogP contribution in [0.1, 0.15) is 26.7 Å². The summed E-state index contributed by atoms with van der Waals surface area (Å²) in [5, 5.41) is 0. The van der Waals surface area contributed by atoms with Gasteiger partial charge in [-0.2, -0.15) is 0 Å². The lowest BCUT2D eigenvalue weighted by atomic mass is 9.91. The Morgan fingerprint density at radius 1 is 0.974 bits per heavy atom. The van der Waals surface area contributed by atoms with Gasteiger partial charge in [0.05, 0.1) is 33.4 Å². The second-order valence-electron chi connectivity index (χ2n) is 10.6. The molecule has 0 radical (unpaired) electrons. The monoisotopic (exact) mass is 586 g/mol. The van der Waals surface area contributed by atoms with Crippen LogP contribution in [0.15, 0.2) is 52.3 Å². The number of nitrogens with zero attached hydrogens (tertiary/aromatic N) is 3. The zero-order valence-electron chi connectivity index (χ0n) is 22.6. The Morgan fingerprint density at radius 2 is 1.54 bits per heavy atom. The highest BCUT2D eigenvalue weighted by Crippen LogP contribution is 2.37. The molecule has 9 nitrogen and oxygen atoms in total. The van der Waals surface area contributed by atoms with Crippen LogP contribution in [0.5, 0.6) is 0 Å². The van der Waals surface area contributed by atoms with Crippen molar-refractivity contribution in [1.29, 1.82) is 0 Å². The van der Waals surface area contributed by atoms with E-state index in [4.69, 9.17) is 4.74 Å². The van der Waals surface area contributed by atoms with Gasteiger partial charge < -0.3 is 9.64 Å². The highest BCUT2D eigenvalue weighted by Gasteiger charge is 2.39. The molecule has 216 valence electrons. The number of benzene rings is 2. The first-order valence-corrected chi connectivity index (χ1v) is 15.8. The van der Waals surface area contributed by atoms with Crippen molar-refractivity contribution in [2.75, 3.05) is 56.4 Å². The molecule has 0 saturated carbocycles. The van der Waals surface area contributed by atoms with Gasteiger partial charge >= 0.3 is 0 Å². The van der Waals surface area contributed by atoms with Gasteiger partial charge in [-0.3, -0.25) is 9.62 Å². The lowest BCUT2D eigenvalue weighted by Gasteiger charge is -2.43. The molecular weight excluding hydrogens is 550 g/mol. The Labute approximate surface area is 229 Å². The maximum Gasteiger partial charge on any atom is 0.261 e. The fraction of sp³-hybridized carbons (Fsp3) is 0.538. The van der Waals surface area contributed by atoms with Crippen LogP contribution < -0.4 is 9.62 Å². The summed E-state index contributed by atoms with van der Waals surface area (Å²) in [6.45, 7) is 5.96. The van der Waals surface area contributed by atoms with Crippen LogP contribution in [0.3, 0.4) is 0 Å². The second kappa shape index (κ2) is 11.3. The van der Waals surface area contributed by atoms with Gasteiger partial charge in [0, 0.05) is 59.7 Å². The number of nitrogens with one attached hydrogen (secondary N) is 1. The summed E-state index contributed by atoms with van der Waals surface area (Å²) in [4.78, 5) is 3.52. The van der Waals surface area contributed by atoms with Crippen LogP contribution in [0, 0.1) is 5.82 Å². The van der Waals surface area contributed by atoms with Crippen molar-refractivity contribution in [3.63, 3.8) is 0 Å². The molecular formula is C26H36F2N4O5S2. The fourth-order valence-electron chi connectivity index (χ4n) is 5.23. The number of sulfonamides is 2. The van der Waals surface area contributed by atoms with Gasteiger partial charge in [0.2, 0.25) is 10.0 Å². The molecule has 0 amide bonds. The average Bonchev–Trinajstić information content (AvgIpc) is 2.84. The lowest BCUT2D eigenvalue weighted by Crippen LogP contribution is -2.53. The van der Waals surface area contributed by atoms with Gasteiger partial charge in [0.15, 0.2) is 0 Å². The smallest absolute Gasteiger partial charge is 0.261 e. The van der Waals surface area contributed by atoms with E-state index in [1.54, 1.807) is 4.90 Å². The molecule has 2 aromatic rings. The van der Waals surface area contributed by atoms with Crippen LogP contribution in [0.25, 0.3) is 0 Å². The van der Waals surface area contributed by atoms with Gasteiger partial charge in [-0.25, -0.2) is 29.9 Å². The van der Waals surface area contributed by atoms with Gasteiger partial charge in [-0.15, -0.1) is 0 Å². The van der Waals surface area contributed by atoms with Crippen molar-refractivity contribution in [3.8, 4) is 0 Å². The second-order valence-corrected chi connectivity index (χ2v) is 14.4. The predicted molar refractivity (Wildman–Crippen MR) is 146 cm³/mol. The molecule has 2 atom stereocenters. The number of anilines is 2. The molecule has 0 unspecified atom stereocenters. The molecule has 2 aromatic carbocycles. The summed E-state index contributed by atoms with van der Waals surface area (Å²) < 4.78 is 90.9. The van der Waals surface area contributed by atoms with Gasteiger partial charge in [-0.05, 0) is 50.2 Å². The van der Waals surface area contributed by atoms with Crippen LogP contribution in [-0.4, -0.2) is 90.7 Å². The van der Waals surface area contributed by atoms with E-state index in [0.717, 1.165) is 4.31 Å². The first-order chi connectivity index (χ1) is 18.2. The van der Waals surface area contributed by atoms with Crippen molar-refractivity contribution in [1.82, 2.24) is 9.21 Å². The molecule has 0 aliphatic carbocycles. The molecule has 1 N–H and O–H groups in total.